The highest BCUT2D eigenvalue weighted by molar-refractivity contribution is 7.99. The van der Waals surface area contributed by atoms with Crippen molar-refractivity contribution in [1.29, 1.82) is 0 Å². The Hall–Kier alpha value is -6.09. The molecule has 0 saturated carbocycles. The minimum Gasteiger partial charge on any atom is -0.310 e. The highest BCUT2D eigenvalue weighted by Crippen LogP contribution is 2.57. The summed E-state index contributed by atoms with van der Waals surface area (Å²) in [6, 6.07) is 73.9. The molecule has 0 saturated heterocycles. The van der Waals surface area contributed by atoms with Crippen LogP contribution in [0.3, 0.4) is 0 Å². The summed E-state index contributed by atoms with van der Waals surface area (Å²) in [6.45, 7) is 4.73. The van der Waals surface area contributed by atoms with Crippen molar-refractivity contribution in [1.82, 2.24) is 0 Å². The molecule has 0 unspecified atom stereocenters. The van der Waals surface area contributed by atoms with Crippen LogP contribution in [-0.4, -0.2) is 0 Å². The second-order valence-electron chi connectivity index (χ2n) is 14.9. The number of fused-ring (bicyclic) bond motifs is 5. The minimum absolute atomic E-state index is 0.132. The molecule has 0 aromatic heterocycles. The largest absolute Gasteiger partial charge is 0.310 e. The maximum absolute atomic E-state index is 2.43. The summed E-state index contributed by atoms with van der Waals surface area (Å²) in [5, 5.41) is 0. The minimum atomic E-state index is -0.470. The van der Waals surface area contributed by atoms with E-state index in [1.165, 1.54) is 65.4 Å². The Morgan fingerprint density at radius 3 is 1.57 bits per heavy atom. The first-order valence-electron chi connectivity index (χ1n) is 18.8. The molecular formula is C52H39NS. The van der Waals surface area contributed by atoms with E-state index in [1.807, 2.05) is 11.8 Å². The highest BCUT2D eigenvalue weighted by atomic mass is 32.2. The Labute approximate surface area is 322 Å². The van der Waals surface area contributed by atoms with Gasteiger partial charge in [0.25, 0.3) is 0 Å². The van der Waals surface area contributed by atoms with E-state index in [9.17, 15) is 0 Å². The van der Waals surface area contributed by atoms with Crippen LogP contribution in [0.15, 0.2) is 210 Å². The van der Waals surface area contributed by atoms with Crippen molar-refractivity contribution in [2.45, 2.75) is 34.5 Å². The lowest BCUT2D eigenvalue weighted by atomic mass is 9.67. The third-order valence-electron chi connectivity index (χ3n) is 11.6. The Balaban J connectivity index is 1.14. The molecule has 1 aliphatic heterocycles. The van der Waals surface area contributed by atoms with Crippen LogP contribution in [0, 0.1) is 0 Å². The first-order valence-corrected chi connectivity index (χ1v) is 19.6. The Morgan fingerprint density at radius 2 is 0.889 bits per heavy atom. The molecule has 2 heteroatoms. The highest BCUT2D eigenvalue weighted by Gasteiger charge is 2.46. The molecule has 10 rings (SSSR count). The van der Waals surface area contributed by atoms with E-state index in [-0.39, 0.29) is 5.41 Å². The molecule has 0 fully saturated rings. The van der Waals surface area contributed by atoms with Crippen LogP contribution in [0.5, 0.6) is 0 Å². The Kier molecular flexibility index (Phi) is 7.71. The van der Waals surface area contributed by atoms with Gasteiger partial charge in [-0.05, 0) is 98.1 Å². The summed E-state index contributed by atoms with van der Waals surface area (Å²) in [5.41, 5.74) is 15.8. The van der Waals surface area contributed by atoms with Gasteiger partial charge in [0.15, 0.2) is 0 Å². The van der Waals surface area contributed by atoms with Crippen molar-refractivity contribution in [3.8, 4) is 22.3 Å². The van der Waals surface area contributed by atoms with E-state index in [1.54, 1.807) is 0 Å². The van der Waals surface area contributed by atoms with E-state index in [0.717, 1.165) is 17.1 Å². The summed E-state index contributed by atoms with van der Waals surface area (Å²) in [5.74, 6) is 0. The number of hydrogen-bond acceptors (Lipinski definition) is 2. The lowest BCUT2D eigenvalue weighted by molar-refractivity contribution is 0.607. The van der Waals surface area contributed by atoms with Gasteiger partial charge in [0.1, 0.15) is 0 Å². The van der Waals surface area contributed by atoms with Crippen molar-refractivity contribution in [3.63, 3.8) is 0 Å². The van der Waals surface area contributed by atoms with Crippen molar-refractivity contribution in [2.24, 2.45) is 0 Å². The summed E-state index contributed by atoms with van der Waals surface area (Å²) < 4.78 is 0. The summed E-state index contributed by atoms with van der Waals surface area (Å²) in [6.07, 6.45) is 0. The third kappa shape index (κ3) is 5.01. The second kappa shape index (κ2) is 12.8. The Morgan fingerprint density at radius 1 is 0.370 bits per heavy atom. The smallest absolute Gasteiger partial charge is 0.0714 e. The molecule has 2 aliphatic rings. The average molecular weight is 710 g/mol. The number of anilines is 3. The SMILES string of the molecule is CC1(C)c2ccc(-c3ccccc3)cc2Sc2cc(N(c3ccccc3)c3cccc(C4(c5ccccc5)c5ccccc5-c5ccccc54)c3)ccc21. The second-order valence-corrected chi connectivity index (χ2v) is 16.0. The van der Waals surface area contributed by atoms with Gasteiger partial charge >= 0.3 is 0 Å². The van der Waals surface area contributed by atoms with Crippen LogP contribution in [-0.2, 0) is 10.8 Å². The van der Waals surface area contributed by atoms with Crippen LogP contribution in [0.2, 0.25) is 0 Å². The number of rotatable bonds is 6. The first kappa shape index (κ1) is 32.6. The van der Waals surface area contributed by atoms with E-state index in [2.05, 4.69) is 219 Å². The molecule has 0 N–H and O–H groups in total. The van der Waals surface area contributed by atoms with Crippen LogP contribution in [0.1, 0.15) is 47.2 Å². The molecule has 8 aromatic carbocycles. The molecule has 8 aromatic rings. The number of benzene rings is 8. The monoisotopic (exact) mass is 709 g/mol. The van der Waals surface area contributed by atoms with Crippen molar-refractivity contribution in [2.75, 3.05) is 4.90 Å². The van der Waals surface area contributed by atoms with Crippen LogP contribution in [0.4, 0.5) is 17.1 Å². The lowest BCUT2D eigenvalue weighted by Crippen LogP contribution is -2.28. The van der Waals surface area contributed by atoms with Gasteiger partial charge in [-0.2, -0.15) is 0 Å². The average Bonchev–Trinajstić information content (AvgIpc) is 3.53. The molecule has 0 radical (unpaired) electrons. The maximum Gasteiger partial charge on any atom is 0.0714 e. The van der Waals surface area contributed by atoms with Crippen LogP contribution >= 0.6 is 11.8 Å². The summed E-state index contributed by atoms with van der Waals surface area (Å²) in [4.78, 5) is 5.05. The molecular weight excluding hydrogens is 671 g/mol. The third-order valence-corrected chi connectivity index (χ3v) is 12.7. The molecule has 0 amide bonds. The van der Waals surface area contributed by atoms with Crippen molar-refractivity contribution in [3.05, 3.63) is 234 Å². The lowest BCUT2D eigenvalue weighted by Gasteiger charge is -2.36. The maximum atomic E-state index is 2.43. The van der Waals surface area contributed by atoms with Crippen molar-refractivity contribution >= 4 is 28.8 Å². The topological polar surface area (TPSA) is 3.24 Å². The van der Waals surface area contributed by atoms with E-state index in [0.29, 0.717) is 0 Å². The van der Waals surface area contributed by atoms with Gasteiger partial charge in [0.2, 0.25) is 0 Å². The zero-order valence-corrected chi connectivity index (χ0v) is 31.2. The molecule has 0 spiro atoms. The van der Waals surface area contributed by atoms with E-state index >= 15 is 0 Å². The molecule has 258 valence electrons. The number of para-hydroxylation sites is 1. The van der Waals surface area contributed by atoms with E-state index in [4.69, 9.17) is 0 Å². The first-order chi connectivity index (χ1) is 26.5. The molecule has 1 nitrogen and oxygen atoms in total. The van der Waals surface area contributed by atoms with Gasteiger partial charge in [-0.3, -0.25) is 0 Å². The zero-order valence-electron chi connectivity index (χ0n) is 30.4. The predicted molar refractivity (Wildman–Crippen MR) is 227 cm³/mol. The zero-order chi connectivity index (χ0) is 36.3. The molecule has 0 atom stereocenters. The molecule has 54 heavy (non-hydrogen) atoms. The predicted octanol–water partition coefficient (Wildman–Crippen LogP) is 14.0. The Bertz CT molecular complexity index is 2620. The van der Waals surface area contributed by atoms with Gasteiger partial charge in [0, 0.05) is 32.3 Å². The summed E-state index contributed by atoms with van der Waals surface area (Å²) in [7, 11) is 0. The van der Waals surface area contributed by atoms with Gasteiger partial charge in [-0.1, -0.05) is 183 Å². The fraction of sp³-hybridized carbons (Fsp3) is 0.0769. The normalized spacial score (nSPS) is 14.3. The van der Waals surface area contributed by atoms with E-state index < -0.39 is 5.41 Å². The fourth-order valence-corrected chi connectivity index (χ4v) is 10.5. The number of nitrogens with zero attached hydrogens (tertiary/aromatic N) is 1. The van der Waals surface area contributed by atoms with Crippen LogP contribution < -0.4 is 4.90 Å². The quantitative estimate of drug-likeness (QED) is 0.169. The van der Waals surface area contributed by atoms with Gasteiger partial charge in [-0.15, -0.1) is 0 Å². The van der Waals surface area contributed by atoms with Crippen molar-refractivity contribution < 1.29 is 0 Å². The molecule has 0 bridgehead atoms. The van der Waals surface area contributed by atoms with Gasteiger partial charge in [-0.25, -0.2) is 0 Å². The van der Waals surface area contributed by atoms with Gasteiger partial charge in [0.05, 0.1) is 5.41 Å². The standard InChI is InChI=1S/C52H39NS/c1-51(2)47-31-29-37(36-17-6-3-7-18-36)33-49(47)54-50-35-42(30-32-48(50)51)53(40-22-10-5-11-23-40)41-24-16-21-39(34-41)52(38-19-8-4-9-20-38)45-27-14-12-25-43(45)44-26-13-15-28-46(44)52/h3-35H,1-2H3. The molecule has 1 heterocycles. The fourth-order valence-electron chi connectivity index (χ4n) is 9.06. The van der Waals surface area contributed by atoms with Gasteiger partial charge < -0.3 is 4.90 Å². The molecule has 1 aliphatic carbocycles. The summed E-state index contributed by atoms with van der Waals surface area (Å²) >= 11 is 1.89. The number of hydrogen-bond donors (Lipinski definition) is 0. The van der Waals surface area contributed by atoms with Crippen LogP contribution in [0.25, 0.3) is 22.3 Å².